The zero-order valence-electron chi connectivity index (χ0n) is 16.1. The largest absolute Gasteiger partial charge is 0.336 e. The number of aryl methyl sites for hydroxylation is 2. The van der Waals surface area contributed by atoms with Crippen LogP contribution in [0.2, 0.25) is 0 Å². The summed E-state index contributed by atoms with van der Waals surface area (Å²) in [6, 6.07) is 9.88. The number of fused-ring (bicyclic) bond motifs is 2. The third kappa shape index (κ3) is 3.59. The van der Waals surface area contributed by atoms with Crippen LogP contribution in [-0.2, 0) is 4.79 Å². The van der Waals surface area contributed by atoms with Crippen LogP contribution in [0.1, 0.15) is 29.4 Å². The molecule has 0 saturated carbocycles. The molecule has 1 atom stereocenters. The van der Waals surface area contributed by atoms with Crippen molar-refractivity contribution in [1.82, 2.24) is 29.5 Å². The molecule has 0 aliphatic carbocycles. The number of nitrogens with zero attached hydrogens (tertiary/aromatic N) is 6. The first-order valence-corrected chi connectivity index (χ1v) is 10.7. The van der Waals surface area contributed by atoms with Gasteiger partial charge in [0.1, 0.15) is 5.01 Å². The lowest BCUT2D eigenvalue weighted by Crippen LogP contribution is -2.31. The Morgan fingerprint density at radius 3 is 2.82 bits per heavy atom. The van der Waals surface area contributed by atoms with Crippen LogP contribution in [0.5, 0.6) is 0 Å². The van der Waals surface area contributed by atoms with Crippen molar-refractivity contribution in [3.63, 3.8) is 0 Å². The van der Waals surface area contributed by atoms with Crippen molar-refractivity contribution in [2.75, 3.05) is 12.8 Å². The number of carbonyl (C=O) groups excluding carboxylic acids is 1. The van der Waals surface area contributed by atoms with Crippen molar-refractivity contribution in [1.29, 1.82) is 0 Å². The molecule has 9 heteroatoms. The van der Waals surface area contributed by atoms with E-state index in [1.807, 2.05) is 58.2 Å². The summed E-state index contributed by atoms with van der Waals surface area (Å²) >= 11 is 2.95. The van der Waals surface area contributed by atoms with E-state index in [1.54, 1.807) is 20.8 Å². The molecule has 1 aromatic carbocycles. The Hall–Kier alpha value is -2.52. The molecule has 0 aliphatic heterocycles. The average molecular weight is 413 g/mol. The third-order valence-corrected chi connectivity index (χ3v) is 6.59. The van der Waals surface area contributed by atoms with E-state index in [2.05, 4.69) is 20.1 Å². The normalized spacial score (nSPS) is 12.6. The van der Waals surface area contributed by atoms with Crippen molar-refractivity contribution in [2.24, 2.45) is 0 Å². The molecule has 0 fully saturated rings. The summed E-state index contributed by atoms with van der Waals surface area (Å²) in [5.74, 6) is 0.834. The Balaban J connectivity index is 1.45. The number of thioether (sulfide) groups is 1. The fourth-order valence-corrected chi connectivity index (χ4v) is 4.69. The van der Waals surface area contributed by atoms with Crippen molar-refractivity contribution in [3.8, 4) is 0 Å². The molecule has 0 radical (unpaired) electrons. The number of carbonyl (C=O) groups is 1. The van der Waals surface area contributed by atoms with Gasteiger partial charge in [0.15, 0.2) is 0 Å². The molecule has 144 valence electrons. The molecule has 28 heavy (non-hydrogen) atoms. The highest BCUT2D eigenvalue weighted by Gasteiger charge is 2.21. The second-order valence-corrected chi connectivity index (χ2v) is 8.64. The van der Waals surface area contributed by atoms with Crippen LogP contribution in [0.3, 0.4) is 0 Å². The molecule has 1 amide bonds. The van der Waals surface area contributed by atoms with Gasteiger partial charge < -0.3 is 4.90 Å². The molecule has 0 N–H and O–H groups in total. The summed E-state index contributed by atoms with van der Waals surface area (Å²) in [5.41, 5.74) is 2.83. The van der Waals surface area contributed by atoms with Crippen molar-refractivity contribution in [2.45, 2.75) is 32.0 Å². The number of hydrogen-bond acceptors (Lipinski definition) is 7. The number of aromatic nitrogens is 5. The summed E-state index contributed by atoms with van der Waals surface area (Å²) in [6.07, 6.45) is 0. The predicted octanol–water partition coefficient (Wildman–Crippen LogP) is 3.66. The number of amides is 1. The van der Waals surface area contributed by atoms with Gasteiger partial charge in [-0.05, 0) is 39.0 Å². The number of hydrogen-bond donors (Lipinski definition) is 0. The molecule has 4 rings (SSSR count). The second-order valence-electron chi connectivity index (χ2n) is 6.63. The van der Waals surface area contributed by atoms with Crippen molar-refractivity contribution >= 4 is 45.0 Å². The molecule has 4 aromatic rings. The standard InChI is InChI=1S/C19H20N6OS2/c1-11-9-12(2)25-18(20-11)22-19(23-25)27-10-16(26)24(4)13(3)17-21-14-7-5-6-8-15(14)28-17/h5-9,13H,10H2,1-4H3/t13-/m1/s1. The van der Waals surface area contributed by atoms with E-state index in [9.17, 15) is 4.79 Å². The maximum absolute atomic E-state index is 12.7. The molecule has 0 bridgehead atoms. The summed E-state index contributed by atoms with van der Waals surface area (Å²) in [6.45, 7) is 5.89. The maximum atomic E-state index is 12.7. The third-order valence-electron chi connectivity index (χ3n) is 4.57. The maximum Gasteiger partial charge on any atom is 0.253 e. The molecule has 7 nitrogen and oxygen atoms in total. The first-order chi connectivity index (χ1) is 13.4. The van der Waals surface area contributed by atoms with E-state index in [-0.39, 0.29) is 17.7 Å². The Labute approximate surface area is 170 Å². The molecular weight excluding hydrogens is 392 g/mol. The van der Waals surface area contributed by atoms with Gasteiger partial charge in [0.05, 0.1) is 22.0 Å². The quantitative estimate of drug-likeness (QED) is 0.466. The summed E-state index contributed by atoms with van der Waals surface area (Å²) < 4.78 is 2.83. The highest BCUT2D eigenvalue weighted by molar-refractivity contribution is 7.99. The topological polar surface area (TPSA) is 76.3 Å². The lowest BCUT2D eigenvalue weighted by atomic mass is 10.3. The predicted molar refractivity (Wildman–Crippen MR) is 112 cm³/mol. The van der Waals surface area contributed by atoms with Gasteiger partial charge in [-0.1, -0.05) is 23.9 Å². The van der Waals surface area contributed by atoms with E-state index in [4.69, 9.17) is 0 Å². The highest BCUT2D eigenvalue weighted by atomic mass is 32.2. The highest BCUT2D eigenvalue weighted by Crippen LogP contribution is 2.29. The molecule has 3 heterocycles. The first kappa shape index (κ1) is 18.8. The zero-order valence-corrected chi connectivity index (χ0v) is 17.7. The SMILES string of the molecule is Cc1cc(C)n2nc(SCC(=O)N(C)[C@H](C)c3nc4ccccc4s3)nc2n1. The van der Waals surface area contributed by atoms with Crippen molar-refractivity contribution in [3.05, 3.63) is 46.7 Å². The number of thiazole rings is 1. The van der Waals surface area contributed by atoms with Gasteiger partial charge in [-0.25, -0.2) is 14.5 Å². The van der Waals surface area contributed by atoms with Gasteiger partial charge in [0, 0.05) is 18.4 Å². The summed E-state index contributed by atoms with van der Waals surface area (Å²) in [7, 11) is 1.81. The Morgan fingerprint density at radius 1 is 1.25 bits per heavy atom. The number of rotatable bonds is 5. The molecule has 0 spiro atoms. The van der Waals surface area contributed by atoms with Crippen LogP contribution in [-0.4, -0.2) is 48.2 Å². The van der Waals surface area contributed by atoms with E-state index in [0.29, 0.717) is 10.9 Å². The number of para-hydroxylation sites is 1. The Bertz CT molecular complexity index is 1130. The fraction of sp³-hybridized carbons (Fsp3) is 0.316. The minimum Gasteiger partial charge on any atom is -0.336 e. The van der Waals surface area contributed by atoms with Gasteiger partial charge in [0.2, 0.25) is 11.1 Å². The minimum atomic E-state index is -0.0916. The average Bonchev–Trinajstić information content (AvgIpc) is 3.28. The monoisotopic (exact) mass is 412 g/mol. The lowest BCUT2D eigenvalue weighted by Gasteiger charge is -2.22. The lowest BCUT2D eigenvalue weighted by molar-refractivity contribution is -0.128. The van der Waals surface area contributed by atoms with Crippen LogP contribution < -0.4 is 0 Å². The van der Waals surface area contributed by atoms with Gasteiger partial charge >= 0.3 is 0 Å². The summed E-state index contributed by atoms with van der Waals surface area (Å²) in [5, 5.41) is 5.93. The van der Waals surface area contributed by atoms with Crippen LogP contribution in [0, 0.1) is 13.8 Å². The van der Waals surface area contributed by atoms with Gasteiger partial charge in [0.25, 0.3) is 5.78 Å². The minimum absolute atomic E-state index is 0.0106. The Kier molecular flexibility index (Phi) is 5.03. The summed E-state index contributed by atoms with van der Waals surface area (Å²) in [4.78, 5) is 27.9. The van der Waals surface area contributed by atoms with E-state index >= 15 is 0 Å². The van der Waals surface area contributed by atoms with Crippen LogP contribution in [0.15, 0.2) is 35.5 Å². The van der Waals surface area contributed by atoms with Gasteiger partial charge in [-0.15, -0.1) is 16.4 Å². The second kappa shape index (κ2) is 7.48. The van der Waals surface area contributed by atoms with E-state index < -0.39 is 0 Å². The molecular formula is C19H20N6OS2. The molecule has 0 unspecified atom stereocenters. The van der Waals surface area contributed by atoms with Crippen LogP contribution in [0.25, 0.3) is 16.0 Å². The zero-order chi connectivity index (χ0) is 19.8. The number of benzene rings is 1. The smallest absolute Gasteiger partial charge is 0.253 e. The van der Waals surface area contributed by atoms with Crippen LogP contribution in [0.4, 0.5) is 0 Å². The van der Waals surface area contributed by atoms with E-state index in [1.165, 1.54) is 11.8 Å². The van der Waals surface area contributed by atoms with Crippen molar-refractivity contribution < 1.29 is 4.79 Å². The Morgan fingerprint density at radius 2 is 2.04 bits per heavy atom. The van der Waals surface area contributed by atoms with E-state index in [0.717, 1.165) is 26.6 Å². The van der Waals surface area contributed by atoms with Gasteiger partial charge in [-0.3, -0.25) is 4.79 Å². The van der Waals surface area contributed by atoms with Crippen LogP contribution >= 0.6 is 23.1 Å². The van der Waals surface area contributed by atoms with Gasteiger partial charge in [-0.2, -0.15) is 4.98 Å². The fourth-order valence-electron chi connectivity index (χ4n) is 2.89. The first-order valence-electron chi connectivity index (χ1n) is 8.87. The molecule has 3 aromatic heterocycles. The molecule has 0 aliphatic rings. The molecule has 0 saturated heterocycles.